The van der Waals surface area contributed by atoms with Gasteiger partial charge in [-0.2, -0.15) is 0 Å². The van der Waals surface area contributed by atoms with E-state index >= 15 is 0 Å². The summed E-state index contributed by atoms with van der Waals surface area (Å²) >= 11 is 6.16. The molecule has 4 rings (SSSR count). The van der Waals surface area contributed by atoms with E-state index in [-0.39, 0.29) is 18.5 Å². The van der Waals surface area contributed by atoms with E-state index in [1.54, 1.807) is 11.0 Å². The van der Waals surface area contributed by atoms with Crippen LogP contribution in [0.25, 0.3) is 11.5 Å². The first-order valence-corrected chi connectivity index (χ1v) is 8.24. The summed E-state index contributed by atoms with van der Waals surface area (Å²) in [6.45, 7) is 0.234. The summed E-state index contributed by atoms with van der Waals surface area (Å²) in [5, 5.41) is 8.63. The Kier molecular flexibility index (Phi) is 4.15. The molecule has 1 aliphatic rings. The zero-order valence-electron chi connectivity index (χ0n) is 13.2. The predicted octanol–water partition coefficient (Wildman–Crippen LogP) is 2.98. The number of nitrogens with zero attached hydrogens (tertiary/aromatic N) is 5. The van der Waals surface area contributed by atoms with Gasteiger partial charge in [0, 0.05) is 18.4 Å². The molecule has 0 N–H and O–H groups in total. The molecule has 0 unspecified atom stereocenters. The van der Waals surface area contributed by atoms with E-state index < -0.39 is 0 Å². The Labute approximate surface area is 148 Å². The van der Waals surface area contributed by atoms with Crippen LogP contribution in [0.2, 0.25) is 5.02 Å². The van der Waals surface area contributed by atoms with E-state index in [0.717, 1.165) is 12.8 Å². The molecule has 0 radical (unpaired) electrons. The zero-order chi connectivity index (χ0) is 17.2. The van der Waals surface area contributed by atoms with Gasteiger partial charge in [0.25, 0.3) is 5.91 Å². The second kappa shape index (κ2) is 6.60. The largest absolute Gasteiger partial charge is 0.419 e. The molecule has 3 aromatic rings. The minimum absolute atomic E-state index is 0.171. The quantitative estimate of drug-likeness (QED) is 0.699. The van der Waals surface area contributed by atoms with Crippen molar-refractivity contribution < 1.29 is 9.21 Å². The topological polar surface area (TPSA) is 85.0 Å². The maximum absolute atomic E-state index is 12.7. The highest BCUT2D eigenvalue weighted by Gasteiger charge is 2.35. The van der Waals surface area contributed by atoms with Gasteiger partial charge in [0.1, 0.15) is 5.69 Å². The van der Waals surface area contributed by atoms with E-state index in [1.165, 1.54) is 18.6 Å². The highest BCUT2D eigenvalue weighted by atomic mass is 35.5. The molecule has 1 fully saturated rings. The minimum atomic E-state index is -0.187. The number of carbonyl (C=O) groups is 1. The molecule has 8 heteroatoms. The number of halogens is 1. The Balaban J connectivity index is 1.56. The highest BCUT2D eigenvalue weighted by Crippen LogP contribution is 2.30. The van der Waals surface area contributed by atoms with Crippen molar-refractivity contribution in [2.24, 2.45) is 0 Å². The van der Waals surface area contributed by atoms with Crippen molar-refractivity contribution in [3.8, 4) is 11.5 Å². The molecule has 1 saturated carbocycles. The van der Waals surface area contributed by atoms with Crippen molar-refractivity contribution in [3.63, 3.8) is 0 Å². The number of carbonyl (C=O) groups excluding carboxylic acids is 1. The second-order valence-corrected chi connectivity index (χ2v) is 6.14. The Morgan fingerprint density at radius 3 is 2.80 bits per heavy atom. The lowest BCUT2D eigenvalue weighted by molar-refractivity contribution is 0.0708. The molecular formula is C17H14ClN5O2. The van der Waals surface area contributed by atoms with Crippen LogP contribution in [0.15, 0.2) is 47.3 Å². The smallest absolute Gasteiger partial charge is 0.274 e. The van der Waals surface area contributed by atoms with Crippen molar-refractivity contribution in [1.82, 2.24) is 25.1 Å². The molecule has 1 aromatic carbocycles. The zero-order valence-corrected chi connectivity index (χ0v) is 13.9. The number of hydrogen-bond acceptors (Lipinski definition) is 6. The first-order valence-electron chi connectivity index (χ1n) is 7.86. The normalized spacial score (nSPS) is 13.6. The van der Waals surface area contributed by atoms with Crippen LogP contribution in [0.5, 0.6) is 0 Å². The van der Waals surface area contributed by atoms with E-state index in [4.69, 9.17) is 16.0 Å². The Morgan fingerprint density at radius 1 is 1.24 bits per heavy atom. The van der Waals surface area contributed by atoms with Crippen molar-refractivity contribution in [2.75, 3.05) is 0 Å². The summed E-state index contributed by atoms with van der Waals surface area (Å²) in [7, 11) is 0. The van der Waals surface area contributed by atoms with Gasteiger partial charge in [-0.25, -0.2) is 4.98 Å². The first-order chi connectivity index (χ1) is 12.2. The molecular weight excluding hydrogens is 342 g/mol. The van der Waals surface area contributed by atoms with Gasteiger partial charge in [-0.3, -0.25) is 9.78 Å². The molecule has 0 bridgehead atoms. The molecule has 7 nitrogen and oxygen atoms in total. The fraction of sp³-hybridized carbons (Fsp3) is 0.235. The molecule has 2 heterocycles. The minimum Gasteiger partial charge on any atom is -0.419 e. The number of amides is 1. The van der Waals surface area contributed by atoms with Gasteiger partial charge in [-0.1, -0.05) is 23.7 Å². The van der Waals surface area contributed by atoms with Gasteiger partial charge in [-0.05, 0) is 25.0 Å². The standard InChI is InChI=1S/C17H14ClN5O2/c18-13-4-2-1-3-12(13)16-22-21-15(25-16)10-23(11-5-6-11)17(24)14-9-19-7-8-20-14/h1-4,7-9,11H,5-6,10H2. The predicted molar refractivity (Wildman–Crippen MR) is 89.7 cm³/mol. The van der Waals surface area contributed by atoms with Gasteiger partial charge in [0.05, 0.1) is 23.3 Å². The Bertz CT molecular complexity index is 895. The third kappa shape index (κ3) is 3.36. The Hall–Kier alpha value is -2.80. The summed E-state index contributed by atoms with van der Waals surface area (Å²) in [6.07, 6.45) is 6.41. The van der Waals surface area contributed by atoms with Gasteiger partial charge >= 0.3 is 0 Å². The van der Waals surface area contributed by atoms with E-state index in [0.29, 0.717) is 28.1 Å². The number of aromatic nitrogens is 4. The molecule has 0 aliphatic heterocycles. The maximum Gasteiger partial charge on any atom is 0.274 e. The summed E-state index contributed by atoms with van der Waals surface area (Å²) in [5.74, 6) is 0.510. The van der Waals surface area contributed by atoms with Gasteiger partial charge in [0.2, 0.25) is 11.8 Å². The van der Waals surface area contributed by atoms with Crippen LogP contribution in [0.1, 0.15) is 29.2 Å². The van der Waals surface area contributed by atoms with Crippen LogP contribution in [0.4, 0.5) is 0 Å². The maximum atomic E-state index is 12.7. The fourth-order valence-electron chi connectivity index (χ4n) is 2.52. The van der Waals surface area contributed by atoms with Crippen LogP contribution in [-0.4, -0.2) is 37.0 Å². The van der Waals surface area contributed by atoms with Crippen LogP contribution in [0.3, 0.4) is 0 Å². The summed E-state index contributed by atoms with van der Waals surface area (Å²) in [6, 6.07) is 7.42. The lowest BCUT2D eigenvalue weighted by atomic mass is 10.2. The van der Waals surface area contributed by atoms with Crippen molar-refractivity contribution >= 4 is 17.5 Å². The fourth-order valence-corrected chi connectivity index (χ4v) is 2.73. The van der Waals surface area contributed by atoms with E-state index in [2.05, 4.69) is 20.2 Å². The molecule has 1 aliphatic carbocycles. The molecule has 2 aromatic heterocycles. The molecule has 126 valence electrons. The van der Waals surface area contributed by atoms with Gasteiger partial charge in [-0.15, -0.1) is 10.2 Å². The third-order valence-electron chi connectivity index (χ3n) is 3.91. The first kappa shape index (κ1) is 15.7. The van der Waals surface area contributed by atoms with Crippen molar-refractivity contribution in [3.05, 3.63) is 59.5 Å². The van der Waals surface area contributed by atoms with Crippen molar-refractivity contribution in [2.45, 2.75) is 25.4 Å². The summed E-state index contributed by atoms with van der Waals surface area (Å²) in [5.41, 5.74) is 0.974. The summed E-state index contributed by atoms with van der Waals surface area (Å²) < 4.78 is 5.71. The summed E-state index contributed by atoms with van der Waals surface area (Å²) in [4.78, 5) is 22.4. The van der Waals surface area contributed by atoms with Crippen LogP contribution in [-0.2, 0) is 6.54 Å². The molecule has 0 spiro atoms. The second-order valence-electron chi connectivity index (χ2n) is 5.74. The molecule has 0 atom stereocenters. The van der Waals surface area contributed by atoms with Crippen molar-refractivity contribution in [1.29, 1.82) is 0 Å². The lowest BCUT2D eigenvalue weighted by Crippen LogP contribution is -2.33. The van der Waals surface area contributed by atoms with Gasteiger partial charge in [0.15, 0.2) is 0 Å². The number of benzene rings is 1. The molecule has 1 amide bonds. The number of rotatable bonds is 5. The Morgan fingerprint density at radius 2 is 2.08 bits per heavy atom. The highest BCUT2D eigenvalue weighted by molar-refractivity contribution is 6.33. The van der Waals surface area contributed by atoms with Crippen LogP contribution in [0, 0.1) is 0 Å². The SMILES string of the molecule is O=C(c1cnccn1)N(Cc1nnc(-c2ccccc2Cl)o1)C1CC1. The molecule has 25 heavy (non-hydrogen) atoms. The van der Waals surface area contributed by atoms with E-state index in [9.17, 15) is 4.79 Å². The van der Waals surface area contributed by atoms with Crippen LogP contribution < -0.4 is 0 Å². The average molecular weight is 356 g/mol. The van der Waals surface area contributed by atoms with Crippen LogP contribution >= 0.6 is 11.6 Å². The lowest BCUT2D eigenvalue weighted by Gasteiger charge is -2.19. The third-order valence-corrected chi connectivity index (χ3v) is 4.24. The average Bonchev–Trinajstić information content (AvgIpc) is 3.39. The number of hydrogen-bond donors (Lipinski definition) is 0. The monoisotopic (exact) mass is 355 g/mol. The van der Waals surface area contributed by atoms with E-state index in [1.807, 2.05) is 18.2 Å². The van der Waals surface area contributed by atoms with Gasteiger partial charge < -0.3 is 9.32 Å². The molecule has 0 saturated heterocycles.